The number of rotatable bonds is 6. The Morgan fingerprint density at radius 2 is 2.05 bits per heavy atom. The monoisotopic (exact) mass is 310 g/mol. The summed E-state index contributed by atoms with van der Waals surface area (Å²) in [6.07, 6.45) is 8.30. The van der Waals surface area contributed by atoms with Crippen LogP contribution in [-0.2, 0) is 11.2 Å². The minimum atomic E-state index is -0.980. The highest BCUT2D eigenvalue weighted by Crippen LogP contribution is 2.28. The molecule has 1 aromatic rings. The summed E-state index contributed by atoms with van der Waals surface area (Å²) in [5, 5.41) is 12.2. The van der Waals surface area contributed by atoms with Gasteiger partial charge in [-0.15, -0.1) is 0 Å². The van der Waals surface area contributed by atoms with Crippen LogP contribution in [0.5, 0.6) is 0 Å². The molecule has 6 heteroatoms. The van der Waals surface area contributed by atoms with Crippen LogP contribution < -0.4 is 5.32 Å². The van der Waals surface area contributed by atoms with Gasteiger partial charge in [-0.3, -0.25) is 4.79 Å². The van der Waals surface area contributed by atoms with E-state index in [0.29, 0.717) is 29.6 Å². The van der Waals surface area contributed by atoms with Gasteiger partial charge in [0.05, 0.1) is 5.69 Å². The lowest BCUT2D eigenvalue weighted by Crippen LogP contribution is -2.14. The Kier molecular flexibility index (Phi) is 5.73. The molecule has 1 heterocycles. The maximum atomic E-state index is 11.9. The molecule has 2 rings (SSSR count). The molecule has 1 fully saturated rings. The first-order valence-electron chi connectivity index (χ1n) is 7.63. The van der Waals surface area contributed by atoms with E-state index in [2.05, 4.69) is 10.3 Å². The third-order valence-electron chi connectivity index (χ3n) is 3.98. The molecule has 116 valence electrons. The number of aromatic carboxylic acids is 1. The van der Waals surface area contributed by atoms with Crippen molar-refractivity contribution in [2.75, 3.05) is 5.32 Å². The van der Waals surface area contributed by atoms with E-state index < -0.39 is 5.97 Å². The van der Waals surface area contributed by atoms with Crippen LogP contribution in [0.15, 0.2) is 0 Å². The number of carbonyl (C=O) groups is 2. The van der Waals surface area contributed by atoms with Crippen LogP contribution in [0.3, 0.4) is 0 Å². The van der Waals surface area contributed by atoms with Crippen molar-refractivity contribution in [3.05, 3.63) is 10.6 Å². The van der Waals surface area contributed by atoms with Crippen LogP contribution in [-0.4, -0.2) is 22.0 Å². The van der Waals surface area contributed by atoms with Crippen LogP contribution in [0, 0.1) is 5.92 Å². The zero-order valence-electron chi connectivity index (χ0n) is 12.4. The molecule has 0 atom stereocenters. The first kappa shape index (κ1) is 15.9. The Morgan fingerprint density at radius 1 is 1.33 bits per heavy atom. The van der Waals surface area contributed by atoms with Crippen molar-refractivity contribution in [1.82, 2.24) is 4.98 Å². The zero-order valence-corrected chi connectivity index (χ0v) is 13.2. The van der Waals surface area contributed by atoms with Gasteiger partial charge in [0.25, 0.3) is 0 Å². The molecule has 0 unspecified atom stereocenters. The minimum Gasteiger partial charge on any atom is -0.477 e. The highest BCUT2D eigenvalue weighted by molar-refractivity contribution is 7.17. The summed E-state index contributed by atoms with van der Waals surface area (Å²) >= 11 is 1.04. The van der Waals surface area contributed by atoms with Crippen LogP contribution >= 0.6 is 11.3 Å². The first-order chi connectivity index (χ1) is 10.1. The van der Waals surface area contributed by atoms with Crippen LogP contribution in [0.1, 0.15) is 67.2 Å². The molecule has 2 N–H and O–H groups in total. The van der Waals surface area contributed by atoms with E-state index in [1.807, 2.05) is 6.92 Å². The predicted octanol–water partition coefficient (Wildman–Crippen LogP) is 3.70. The van der Waals surface area contributed by atoms with Crippen molar-refractivity contribution < 1.29 is 14.7 Å². The van der Waals surface area contributed by atoms with E-state index in [1.165, 1.54) is 32.1 Å². The second-order valence-electron chi connectivity index (χ2n) is 5.54. The van der Waals surface area contributed by atoms with Gasteiger partial charge in [-0.1, -0.05) is 50.4 Å². The maximum absolute atomic E-state index is 11.9. The highest BCUT2D eigenvalue weighted by atomic mass is 32.1. The topological polar surface area (TPSA) is 79.3 Å². The molecular weight excluding hydrogens is 288 g/mol. The number of carboxylic acids is 1. The van der Waals surface area contributed by atoms with E-state index in [-0.39, 0.29) is 10.8 Å². The number of aromatic nitrogens is 1. The summed E-state index contributed by atoms with van der Waals surface area (Å²) < 4.78 is 0. The average molecular weight is 310 g/mol. The molecule has 0 bridgehead atoms. The number of hydrogen-bond donors (Lipinski definition) is 2. The first-order valence-corrected chi connectivity index (χ1v) is 8.44. The summed E-state index contributed by atoms with van der Waals surface area (Å²) in [6.45, 7) is 1.86. The molecule has 0 saturated heterocycles. The Morgan fingerprint density at radius 3 is 2.62 bits per heavy atom. The third kappa shape index (κ3) is 4.52. The number of carbonyl (C=O) groups excluding carboxylic acids is 1. The molecule has 0 aromatic carbocycles. The van der Waals surface area contributed by atoms with E-state index in [1.54, 1.807) is 0 Å². The van der Waals surface area contributed by atoms with Gasteiger partial charge in [0.15, 0.2) is 5.13 Å². The van der Waals surface area contributed by atoms with Gasteiger partial charge in [0.2, 0.25) is 5.91 Å². The van der Waals surface area contributed by atoms with Gasteiger partial charge in [-0.05, 0) is 18.8 Å². The lowest BCUT2D eigenvalue weighted by Gasteiger charge is -2.20. The van der Waals surface area contributed by atoms with Crippen LogP contribution in [0.4, 0.5) is 5.13 Å². The van der Waals surface area contributed by atoms with Gasteiger partial charge < -0.3 is 10.4 Å². The molecule has 1 saturated carbocycles. The Bertz CT molecular complexity index is 507. The number of carboxylic acid groups (broad SMARTS) is 1. The Balaban J connectivity index is 1.85. The van der Waals surface area contributed by atoms with Crippen LogP contribution in [0.2, 0.25) is 0 Å². The smallest absolute Gasteiger partial charge is 0.347 e. The quantitative estimate of drug-likeness (QED) is 0.839. The highest BCUT2D eigenvalue weighted by Gasteiger charge is 2.18. The van der Waals surface area contributed by atoms with Crippen molar-refractivity contribution in [2.45, 2.75) is 58.3 Å². The van der Waals surface area contributed by atoms with Gasteiger partial charge in [0.1, 0.15) is 4.88 Å². The number of amides is 1. The number of nitrogens with one attached hydrogen (secondary N) is 1. The standard InChI is InChI=1S/C15H22N2O3S/c1-2-11-13(14(19)20)21-15(16-11)17-12(18)9-8-10-6-4-3-5-7-10/h10H,2-9H2,1H3,(H,19,20)(H,16,17,18). The number of hydrogen-bond acceptors (Lipinski definition) is 4. The lowest BCUT2D eigenvalue weighted by molar-refractivity contribution is -0.116. The molecule has 0 spiro atoms. The molecule has 1 aliphatic carbocycles. The summed E-state index contributed by atoms with van der Waals surface area (Å²) in [4.78, 5) is 27.4. The summed E-state index contributed by atoms with van der Waals surface area (Å²) in [7, 11) is 0. The van der Waals surface area contributed by atoms with Crippen molar-refractivity contribution in [1.29, 1.82) is 0 Å². The largest absolute Gasteiger partial charge is 0.477 e. The van der Waals surface area contributed by atoms with Gasteiger partial charge in [-0.2, -0.15) is 0 Å². The number of nitrogens with zero attached hydrogens (tertiary/aromatic N) is 1. The van der Waals surface area contributed by atoms with Gasteiger partial charge in [-0.25, -0.2) is 9.78 Å². The maximum Gasteiger partial charge on any atom is 0.347 e. The predicted molar refractivity (Wildman–Crippen MR) is 82.9 cm³/mol. The van der Waals surface area contributed by atoms with E-state index in [0.717, 1.165) is 17.8 Å². The molecule has 1 aromatic heterocycles. The van der Waals surface area contributed by atoms with Crippen molar-refractivity contribution in [3.63, 3.8) is 0 Å². The normalized spacial score (nSPS) is 15.9. The third-order valence-corrected chi connectivity index (χ3v) is 4.98. The SMILES string of the molecule is CCc1nc(NC(=O)CCC2CCCCC2)sc1C(=O)O. The zero-order chi connectivity index (χ0) is 15.2. The fourth-order valence-corrected chi connectivity index (χ4v) is 3.71. The van der Waals surface area contributed by atoms with E-state index in [9.17, 15) is 9.59 Å². The van der Waals surface area contributed by atoms with E-state index >= 15 is 0 Å². The molecule has 21 heavy (non-hydrogen) atoms. The van der Waals surface area contributed by atoms with Gasteiger partial charge >= 0.3 is 5.97 Å². The van der Waals surface area contributed by atoms with Crippen molar-refractivity contribution in [2.24, 2.45) is 5.92 Å². The summed E-state index contributed by atoms with van der Waals surface area (Å²) in [6, 6.07) is 0. The Hall–Kier alpha value is -1.43. The molecule has 0 aliphatic heterocycles. The van der Waals surface area contributed by atoms with Gasteiger partial charge in [0, 0.05) is 6.42 Å². The Labute approximate surface area is 128 Å². The van der Waals surface area contributed by atoms with Crippen molar-refractivity contribution >= 4 is 28.3 Å². The molecule has 0 radical (unpaired) electrons. The molecule has 5 nitrogen and oxygen atoms in total. The second kappa shape index (κ2) is 7.54. The number of thiazole rings is 1. The summed E-state index contributed by atoms with van der Waals surface area (Å²) in [5.74, 6) is -0.373. The minimum absolute atomic E-state index is 0.0612. The summed E-state index contributed by atoms with van der Waals surface area (Å²) in [5.41, 5.74) is 0.537. The second-order valence-corrected chi connectivity index (χ2v) is 6.54. The van der Waals surface area contributed by atoms with Crippen LogP contribution in [0.25, 0.3) is 0 Å². The van der Waals surface area contributed by atoms with Crippen molar-refractivity contribution in [3.8, 4) is 0 Å². The molecular formula is C15H22N2O3S. The number of aryl methyl sites for hydroxylation is 1. The number of anilines is 1. The molecule has 1 aliphatic rings. The molecule has 1 amide bonds. The average Bonchev–Trinajstić information content (AvgIpc) is 2.89. The fourth-order valence-electron chi connectivity index (χ4n) is 2.80. The fraction of sp³-hybridized carbons (Fsp3) is 0.667. The lowest BCUT2D eigenvalue weighted by atomic mass is 9.86. The van der Waals surface area contributed by atoms with E-state index in [4.69, 9.17) is 5.11 Å².